The van der Waals surface area contributed by atoms with E-state index in [9.17, 15) is 9.59 Å². The van der Waals surface area contributed by atoms with Gasteiger partial charge in [0, 0.05) is 25.4 Å². The van der Waals surface area contributed by atoms with Crippen LogP contribution in [0.5, 0.6) is 0 Å². The van der Waals surface area contributed by atoms with Crippen molar-refractivity contribution < 1.29 is 9.59 Å². The summed E-state index contributed by atoms with van der Waals surface area (Å²) in [6.07, 6.45) is 5.26. The minimum atomic E-state index is 0.121. The third-order valence-electron chi connectivity index (χ3n) is 4.95. The molecule has 4 nitrogen and oxygen atoms in total. The van der Waals surface area contributed by atoms with E-state index in [-0.39, 0.29) is 23.9 Å². The minimum absolute atomic E-state index is 0.121. The molecule has 3 rings (SSSR count). The summed E-state index contributed by atoms with van der Waals surface area (Å²) in [7, 11) is 0. The van der Waals surface area contributed by atoms with Gasteiger partial charge in [0.25, 0.3) is 0 Å². The second-order valence-electron chi connectivity index (χ2n) is 6.27. The van der Waals surface area contributed by atoms with Crippen LogP contribution in [-0.4, -0.2) is 46.8 Å². The van der Waals surface area contributed by atoms with Gasteiger partial charge in [0.1, 0.15) is 0 Å². The van der Waals surface area contributed by atoms with E-state index < -0.39 is 0 Å². The summed E-state index contributed by atoms with van der Waals surface area (Å²) in [4.78, 5) is 28.3. The van der Waals surface area contributed by atoms with Gasteiger partial charge in [-0.05, 0) is 25.2 Å². The molecule has 2 unspecified atom stereocenters. The van der Waals surface area contributed by atoms with Gasteiger partial charge in [0.15, 0.2) is 0 Å². The molecule has 0 aromatic carbocycles. The molecule has 1 saturated carbocycles. The number of amides is 2. The van der Waals surface area contributed by atoms with Crippen LogP contribution in [0, 0.1) is 11.8 Å². The standard InChI is InChI=1S/C15H22N2O2/c1-3-5-16-12-4-6-17(13(12)9-14(16)18)15(19)11-7-10(2)8-11/h3,10-13H,1,4-9H2,2H3. The molecule has 2 saturated heterocycles. The third-order valence-corrected chi connectivity index (χ3v) is 4.95. The van der Waals surface area contributed by atoms with E-state index in [0.717, 1.165) is 25.8 Å². The molecule has 2 heterocycles. The lowest BCUT2D eigenvalue weighted by Crippen LogP contribution is -2.45. The molecular weight excluding hydrogens is 240 g/mol. The Balaban J connectivity index is 1.68. The molecule has 4 heteroatoms. The van der Waals surface area contributed by atoms with Crippen LogP contribution < -0.4 is 0 Å². The summed E-state index contributed by atoms with van der Waals surface area (Å²) in [5.41, 5.74) is 0. The Kier molecular flexibility index (Phi) is 3.11. The van der Waals surface area contributed by atoms with E-state index in [1.165, 1.54) is 0 Å². The lowest BCUT2D eigenvalue weighted by atomic mass is 9.75. The molecule has 0 bridgehead atoms. The predicted octanol–water partition coefficient (Wildman–Crippen LogP) is 1.42. The molecule has 19 heavy (non-hydrogen) atoms. The van der Waals surface area contributed by atoms with Crippen molar-refractivity contribution in [1.29, 1.82) is 0 Å². The summed E-state index contributed by atoms with van der Waals surface area (Å²) >= 11 is 0. The van der Waals surface area contributed by atoms with E-state index in [1.807, 2.05) is 9.80 Å². The fraction of sp³-hybridized carbons (Fsp3) is 0.733. The Hall–Kier alpha value is -1.32. The van der Waals surface area contributed by atoms with E-state index >= 15 is 0 Å². The normalized spacial score (nSPS) is 37.2. The van der Waals surface area contributed by atoms with Crippen LogP contribution in [0.1, 0.15) is 32.6 Å². The van der Waals surface area contributed by atoms with Crippen LogP contribution in [0.3, 0.4) is 0 Å². The van der Waals surface area contributed by atoms with Gasteiger partial charge in [-0.3, -0.25) is 9.59 Å². The van der Waals surface area contributed by atoms with Crippen molar-refractivity contribution in [3.05, 3.63) is 12.7 Å². The zero-order chi connectivity index (χ0) is 13.6. The van der Waals surface area contributed by atoms with E-state index in [4.69, 9.17) is 0 Å². The van der Waals surface area contributed by atoms with E-state index in [2.05, 4.69) is 13.5 Å². The molecule has 0 spiro atoms. The molecule has 1 aliphatic carbocycles. The smallest absolute Gasteiger partial charge is 0.226 e. The first-order chi connectivity index (χ1) is 9.11. The van der Waals surface area contributed by atoms with Crippen molar-refractivity contribution in [2.75, 3.05) is 13.1 Å². The number of fused-ring (bicyclic) bond motifs is 1. The van der Waals surface area contributed by atoms with Gasteiger partial charge in [-0.2, -0.15) is 0 Å². The summed E-state index contributed by atoms with van der Waals surface area (Å²) < 4.78 is 0. The fourth-order valence-electron chi connectivity index (χ4n) is 3.92. The predicted molar refractivity (Wildman–Crippen MR) is 72.3 cm³/mol. The monoisotopic (exact) mass is 262 g/mol. The molecular formula is C15H22N2O2. The molecule has 3 aliphatic rings. The summed E-state index contributed by atoms with van der Waals surface area (Å²) in [5, 5.41) is 0. The highest BCUT2D eigenvalue weighted by atomic mass is 16.2. The number of hydrogen-bond acceptors (Lipinski definition) is 2. The highest BCUT2D eigenvalue weighted by Crippen LogP contribution is 2.39. The van der Waals surface area contributed by atoms with Crippen molar-refractivity contribution in [3.63, 3.8) is 0 Å². The van der Waals surface area contributed by atoms with Crippen LogP contribution in [-0.2, 0) is 9.59 Å². The number of likely N-dealkylation sites (tertiary alicyclic amines) is 2. The van der Waals surface area contributed by atoms with Crippen LogP contribution in [0.15, 0.2) is 12.7 Å². The summed E-state index contributed by atoms with van der Waals surface area (Å²) in [6, 6.07) is 0.350. The molecule has 2 atom stereocenters. The molecule has 0 radical (unpaired) electrons. The molecule has 0 aromatic rings. The number of carbonyl (C=O) groups excluding carboxylic acids is 2. The number of rotatable bonds is 3. The summed E-state index contributed by atoms with van der Waals surface area (Å²) in [5.74, 6) is 1.38. The Labute approximate surface area is 114 Å². The zero-order valence-electron chi connectivity index (χ0n) is 11.5. The lowest BCUT2D eigenvalue weighted by molar-refractivity contribution is -0.140. The number of carbonyl (C=O) groups is 2. The number of hydrogen-bond donors (Lipinski definition) is 0. The Morgan fingerprint density at radius 3 is 2.79 bits per heavy atom. The first kappa shape index (κ1) is 12.7. The maximum absolute atomic E-state index is 12.5. The summed E-state index contributed by atoms with van der Waals surface area (Å²) in [6.45, 7) is 7.34. The van der Waals surface area contributed by atoms with Crippen molar-refractivity contribution in [2.24, 2.45) is 11.8 Å². The molecule has 2 amide bonds. The van der Waals surface area contributed by atoms with Crippen molar-refractivity contribution in [3.8, 4) is 0 Å². The maximum Gasteiger partial charge on any atom is 0.226 e. The van der Waals surface area contributed by atoms with Gasteiger partial charge < -0.3 is 9.80 Å². The lowest BCUT2D eigenvalue weighted by Gasteiger charge is -2.36. The molecule has 0 N–H and O–H groups in total. The molecule has 3 fully saturated rings. The van der Waals surface area contributed by atoms with Gasteiger partial charge in [0.2, 0.25) is 11.8 Å². The first-order valence-corrected chi connectivity index (χ1v) is 7.32. The third kappa shape index (κ3) is 1.97. The fourth-order valence-corrected chi connectivity index (χ4v) is 3.92. The Morgan fingerprint density at radius 1 is 1.42 bits per heavy atom. The quantitative estimate of drug-likeness (QED) is 0.722. The Morgan fingerprint density at radius 2 is 2.16 bits per heavy atom. The van der Waals surface area contributed by atoms with Crippen LogP contribution >= 0.6 is 0 Å². The minimum Gasteiger partial charge on any atom is -0.337 e. The highest BCUT2D eigenvalue weighted by molar-refractivity contribution is 5.85. The van der Waals surface area contributed by atoms with Crippen LogP contribution in [0.4, 0.5) is 0 Å². The second kappa shape index (κ2) is 4.66. The average molecular weight is 262 g/mol. The van der Waals surface area contributed by atoms with E-state index in [1.54, 1.807) is 6.08 Å². The largest absolute Gasteiger partial charge is 0.337 e. The van der Waals surface area contributed by atoms with Gasteiger partial charge in [-0.25, -0.2) is 0 Å². The van der Waals surface area contributed by atoms with Crippen LogP contribution in [0.25, 0.3) is 0 Å². The molecule has 104 valence electrons. The molecule has 0 aromatic heterocycles. The van der Waals surface area contributed by atoms with Gasteiger partial charge >= 0.3 is 0 Å². The highest BCUT2D eigenvalue weighted by Gasteiger charge is 2.49. The number of nitrogens with zero attached hydrogens (tertiary/aromatic N) is 2. The first-order valence-electron chi connectivity index (χ1n) is 7.32. The van der Waals surface area contributed by atoms with Crippen molar-refractivity contribution in [2.45, 2.75) is 44.7 Å². The maximum atomic E-state index is 12.5. The zero-order valence-corrected chi connectivity index (χ0v) is 11.5. The van der Waals surface area contributed by atoms with Crippen molar-refractivity contribution >= 4 is 11.8 Å². The van der Waals surface area contributed by atoms with Gasteiger partial charge in [-0.1, -0.05) is 13.0 Å². The Bertz CT molecular complexity index is 414. The second-order valence-corrected chi connectivity index (χ2v) is 6.27. The van der Waals surface area contributed by atoms with E-state index in [0.29, 0.717) is 24.8 Å². The molecule has 2 aliphatic heterocycles. The topological polar surface area (TPSA) is 40.6 Å². The SMILES string of the molecule is C=CCN1C(=O)CC2C1CCN2C(=O)C1CC(C)C1. The average Bonchev–Trinajstić information content (AvgIpc) is 2.86. The van der Waals surface area contributed by atoms with Gasteiger partial charge in [-0.15, -0.1) is 6.58 Å². The van der Waals surface area contributed by atoms with Crippen molar-refractivity contribution in [1.82, 2.24) is 9.80 Å². The van der Waals surface area contributed by atoms with Crippen LogP contribution in [0.2, 0.25) is 0 Å². The van der Waals surface area contributed by atoms with Gasteiger partial charge in [0.05, 0.1) is 12.1 Å².